The summed E-state index contributed by atoms with van der Waals surface area (Å²) in [6.07, 6.45) is 2.01. The molecule has 0 atom stereocenters. The third-order valence-electron chi connectivity index (χ3n) is 1.66. The Hall–Kier alpha value is -1.62. The summed E-state index contributed by atoms with van der Waals surface area (Å²) in [7, 11) is 0. The number of pyridine rings is 1. The van der Waals surface area contributed by atoms with E-state index in [9.17, 15) is 4.79 Å². The Morgan fingerprint density at radius 3 is 3.00 bits per heavy atom. The van der Waals surface area contributed by atoms with Crippen LogP contribution >= 0.6 is 0 Å². The molecule has 14 heavy (non-hydrogen) atoms. The minimum atomic E-state index is -1.06. The average Bonchev–Trinajstić information content (AvgIpc) is 2.19. The van der Waals surface area contributed by atoms with Crippen molar-refractivity contribution in [3.05, 3.63) is 24.0 Å². The average molecular weight is 196 g/mol. The normalized spacial score (nSPS) is 9.79. The lowest BCUT2D eigenvalue weighted by molar-refractivity contribution is 0.0691. The van der Waals surface area contributed by atoms with Gasteiger partial charge in [0.2, 0.25) is 0 Å². The third-order valence-corrected chi connectivity index (χ3v) is 1.66. The lowest BCUT2D eigenvalue weighted by Crippen LogP contribution is -2.10. The Balaban J connectivity index is 2.69. The Morgan fingerprint density at radius 2 is 2.36 bits per heavy atom. The van der Waals surface area contributed by atoms with E-state index < -0.39 is 5.97 Å². The Labute approximate surface area is 81.4 Å². The highest BCUT2D eigenvalue weighted by Crippen LogP contribution is 2.11. The number of aromatic carboxylic acids is 1. The fraction of sp³-hybridized carbons (Fsp3) is 0.333. The molecule has 5 heteroatoms. The number of aromatic nitrogens is 1. The molecule has 1 heterocycles. The Morgan fingerprint density at radius 1 is 1.57 bits per heavy atom. The molecule has 0 amide bonds. The van der Waals surface area contributed by atoms with Crippen LogP contribution < -0.4 is 5.32 Å². The SMILES string of the molecule is O=C(O)c1ncccc1NCCCO. The highest BCUT2D eigenvalue weighted by Gasteiger charge is 2.09. The van der Waals surface area contributed by atoms with Crippen molar-refractivity contribution < 1.29 is 15.0 Å². The molecule has 0 aromatic carbocycles. The van der Waals surface area contributed by atoms with Gasteiger partial charge < -0.3 is 15.5 Å². The molecule has 5 nitrogen and oxygen atoms in total. The van der Waals surface area contributed by atoms with Crippen LogP contribution in [0.15, 0.2) is 18.3 Å². The topological polar surface area (TPSA) is 82.5 Å². The number of nitrogens with zero attached hydrogens (tertiary/aromatic N) is 1. The van der Waals surface area contributed by atoms with Crippen molar-refractivity contribution >= 4 is 11.7 Å². The molecule has 0 aliphatic heterocycles. The van der Waals surface area contributed by atoms with Crippen molar-refractivity contribution in [1.29, 1.82) is 0 Å². The fourth-order valence-electron chi connectivity index (χ4n) is 1.02. The van der Waals surface area contributed by atoms with E-state index >= 15 is 0 Å². The van der Waals surface area contributed by atoms with Crippen LogP contribution in [-0.4, -0.2) is 34.3 Å². The van der Waals surface area contributed by atoms with Crippen LogP contribution in [0.2, 0.25) is 0 Å². The Kier molecular flexibility index (Phi) is 3.87. The highest BCUT2D eigenvalue weighted by atomic mass is 16.4. The summed E-state index contributed by atoms with van der Waals surface area (Å²) in [5.74, 6) is -1.06. The van der Waals surface area contributed by atoms with Gasteiger partial charge in [-0.3, -0.25) is 0 Å². The second-order valence-electron chi connectivity index (χ2n) is 2.71. The first-order valence-electron chi connectivity index (χ1n) is 4.28. The highest BCUT2D eigenvalue weighted by molar-refractivity contribution is 5.91. The molecule has 1 aromatic heterocycles. The number of aliphatic hydroxyl groups excluding tert-OH is 1. The maximum atomic E-state index is 10.7. The van der Waals surface area contributed by atoms with Crippen molar-refractivity contribution in [2.24, 2.45) is 0 Å². The second kappa shape index (κ2) is 5.18. The first-order chi connectivity index (χ1) is 6.75. The molecule has 0 aliphatic carbocycles. The first kappa shape index (κ1) is 10.5. The molecule has 0 saturated heterocycles. The molecule has 0 fully saturated rings. The van der Waals surface area contributed by atoms with Gasteiger partial charge in [0.15, 0.2) is 5.69 Å². The summed E-state index contributed by atoms with van der Waals surface area (Å²) in [5, 5.41) is 20.2. The predicted molar refractivity (Wildman–Crippen MR) is 51.4 cm³/mol. The van der Waals surface area contributed by atoms with E-state index in [4.69, 9.17) is 10.2 Å². The van der Waals surface area contributed by atoms with E-state index in [0.717, 1.165) is 0 Å². The van der Waals surface area contributed by atoms with Crippen LogP contribution in [0.4, 0.5) is 5.69 Å². The molecule has 76 valence electrons. The number of carboxylic acid groups (broad SMARTS) is 1. The maximum Gasteiger partial charge on any atom is 0.356 e. The zero-order valence-electron chi connectivity index (χ0n) is 7.60. The van der Waals surface area contributed by atoms with Crippen LogP contribution in [-0.2, 0) is 0 Å². The minimum Gasteiger partial charge on any atom is -0.476 e. The van der Waals surface area contributed by atoms with Gasteiger partial charge in [-0.15, -0.1) is 0 Å². The number of hydrogen-bond donors (Lipinski definition) is 3. The maximum absolute atomic E-state index is 10.7. The molecule has 0 radical (unpaired) electrons. The Bertz CT molecular complexity index is 315. The van der Waals surface area contributed by atoms with Crippen LogP contribution in [0, 0.1) is 0 Å². The summed E-state index contributed by atoms with van der Waals surface area (Å²) in [6, 6.07) is 3.31. The monoisotopic (exact) mass is 196 g/mol. The number of carboxylic acids is 1. The molecule has 0 bridgehead atoms. The van der Waals surface area contributed by atoms with Crippen LogP contribution in [0.25, 0.3) is 0 Å². The van der Waals surface area contributed by atoms with Crippen LogP contribution in [0.3, 0.4) is 0 Å². The summed E-state index contributed by atoms with van der Waals surface area (Å²) >= 11 is 0. The van der Waals surface area contributed by atoms with Crippen molar-refractivity contribution in [2.75, 3.05) is 18.5 Å². The largest absolute Gasteiger partial charge is 0.476 e. The van der Waals surface area contributed by atoms with E-state index in [0.29, 0.717) is 18.7 Å². The second-order valence-corrected chi connectivity index (χ2v) is 2.71. The molecule has 0 aliphatic rings. The van der Waals surface area contributed by atoms with Gasteiger partial charge in [0.25, 0.3) is 0 Å². The first-order valence-corrected chi connectivity index (χ1v) is 4.28. The summed E-state index contributed by atoms with van der Waals surface area (Å²) in [5.41, 5.74) is 0.485. The van der Waals surface area contributed by atoms with E-state index in [1.807, 2.05) is 0 Å². The van der Waals surface area contributed by atoms with Gasteiger partial charge >= 0.3 is 5.97 Å². The molecule has 1 aromatic rings. The number of rotatable bonds is 5. The standard InChI is InChI=1S/C9H12N2O3/c12-6-2-5-10-7-3-1-4-11-8(7)9(13)14/h1,3-4,10,12H,2,5-6H2,(H,13,14). The van der Waals surface area contributed by atoms with Gasteiger partial charge in [-0.05, 0) is 18.6 Å². The van der Waals surface area contributed by atoms with Crippen LogP contribution in [0.1, 0.15) is 16.9 Å². The molecule has 3 N–H and O–H groups in total. The number of aliphatic hydroxyl groups is 1. The van der Waals surface area contributed by atoms with Crippen molar-refractivity contribution in [1.82, 2.24) is 4.98 Å². The van der Waals surface area contributed by atoms with E-state index in [1.54, 1.807) is 12.1 Å². The lowest BCUT2D eigenvalue weighted by Gasteiger charge is -2.06. The molecule has 1 rings (SSSR count). The molecule has 0 spiro atoms. The van der Waals surface area contributed by atoms with Crippen molar-refractivity contribution in [2.45, 2.75) is 6.42 Å². The number of carbonyl (C=O) groups is 1. The fourth-order valence-corrected chi connectivity index (χ4v) is 1.02. The van der Waals surface area contributed by atoms with E-state index in [-0.39, 0.29) is 12.3 Å². The molecule has 0 saturated carbocycles. The van der Waals surface area contributed by atoms with Gasteiger partial charge in [-0.1, -0.05) is 0 Å². The van der Waals surface area contributed by atoms with Gasteiger partial charge in [0, 0.05) is 19.3 Å². The summed E-state index contributed by atoms with van der Waals surface area (Å²) in [6.45, 7) is 0.609. The minimum absolute atomic E-state index is 0.00504. The quantitative estimate of drug-likeness (QED) is 0.600. The number of nitrogens with one attached hydrogen (secondary N) is 1. The van der Waals surface area contributed by atoms with E-state index in [1.165, 1.54) is 6.20 Å². The third kappa shape index (κ3) is 2.70. The number of anilines is 1. The van der Waals surface area contributed by atoms with Gasteiger partial charge in [0.1, 0.15) is 0 Å². The number of hydrogen-bond acceptors (Lipinski definition) is 4. The molecule has 0 unspecified atom stereocenters. The lowest BCUT2D eigenvalue weighted by atomic mass is 10.3. The van der Waals surface area contributed by atoms with E-state index in [2.05, 4.69) is 10.3 Å². The zero-order valence-corrected chi connectivity index (χ0v) is 7.60. The zero-order chi connectivity index (χ0) is 10.4. The van der Waals surface area contributed by atoms with Crippen molar-refractivity contribution in [3.63, 3.8) is 0 Å². The van der Waals surface area contributed by atoms with Crippen molar-refractivity contribution in [3.8, 4) is 0 Å². The van der Waals surface area contributed by atoms with Gasteiger partial charge in [-0.2, -0.15) is 0 Å². The summed E-state index contributed by atoms with van der Waals surface area (Å²) < 4.78 is 0. The molecular weight excluding hydrogens is 184 g/mol. The predicted octanol–water partition coefficient (Wildman–Crippen LogP) is 0.574. The molecular formula is C9H12N2O3. The summed E-state index contributed by atoms with van der Waals surface area (Å²) in [4.78, 5) is 14.4. The van der Waals surface area contributed by atoms with Gasteiger partial charge in [0.05, 0.1) is 5.69 Å². The van der Waals surface area contributed by atoms with Crippen LogP contribution in [0.5, 0.6) is 0 Å². The van der Waals surface area contributed by atoms with Gasteiger partial charge in [-0.25, -0.2) is 9.78 Å². The smallest absolute Gasteiger partial charge is 0.356 e.